The Labute approximate surface area is 116 Å². The second kappa shape index (κ2) is 5.92. The lowest BCUT2D eigenvalue weighted by molar-refractivity contribution is -0.121. The highest BCUT2D eigenvalue weighted by Crippen LogP contribution is 2.17. The van der Waals surface area contributed by atoms with Crippen molar-refractivity contribution in [2.45, 2.75) is 38.8 Å². The van der Waals surface area contributed by atoms with Crippen LogP contribution in [0.3, 0.4) is 0 Å². The van der Waals surface area contributed by atoms with Crippen LogP contribution in [0.1, 0.15) is 38.3 Å². The fraction of sp³-hybridized carbons (Fsp3) is 0.429. The fourth-order valence-corrected chi connectivity index (χ4v) is 2.08. The highest BCUT2D eigenvalue weighted by molar-refractivity contribution is 5.78. The minimum absolute atomic E-state index is 0.0162. The van der Waals surface area contributed by atoms with Gasteiger partial charge < -0.3 is 21.0 Å². The molecule has 1 amide bonds. The maximum Gasteiger partial charge on any atom is 0.323 e. The van der Waals surface area contributed by atoms with E-state index in [-0.39, 0.29) is 23.7 Å². The third-order valence-corrected chi connectivity index (χ3v) is 3.24. The number of hydrogen-bond donors (Lipinski definition) is 4. The van der Waals surface area contributed by atoms with Gasteiger partial charge in [0.15, 0.2) is 0 Å². The molecule has 0 aliphatic carbocycles. The van der Waals surface area contributed by atoms with Crippen LogP contribution in [0.4, 0.5) is 0 Å². The molecule has 0 fully saturated rings. The molecule has 1 aromatic heterocycles. The Kier molecular flexibility index (Phi) is 4.24. The van der Waals surface area contributed by atoms with Gasteiger partial charge in [0.1, 0.15) is 0 Å². The average molecular weight is 276 g/mol. The Morgan fingerprint density at radius 1 is 1.30 bits per heavy atom. The van der Waals surface area contributed by atoms with E-state index < -0.39 is 0 Å². The van der Waals surface area contributed by atoms with Crippen LogP contribution in [-0.2, 0) is 4.79 Å². The number of benzene rings is 1. The second-order valence-corrected chi connectivity index (χ2v) is 5.19. The van der Waals surface area contributed by atoms with E-state index >= 15 is 0 Å². The van der Waals surface area contributed by atoms with Crippen LogP contribution in [0.5, 0.6) is 0 Å². The molecule has 2 atom stereocenters. The SMILES string of the molecule is CC(N)CCC(=O)NC(C)c1ccc2[nH]c(=O)[nH]c2c1. The number of carbonyl (C=O) groups excluding carboxylic acids is 1. The molecule has 0 aliphatic rings. The van der Waals surface area contributed by atoms with E-state index in [0.29, 0.717) is 12.8 Å². The van der Waals surface area contributed by atoms with Crippen molar-refractivity contribution >= 4 is 16.9 Å². The maximum atomic E-state index is 11.8. The van der Waals surface area contributed by atoms with E-state index in [1.807, 2.05) is 32.0 Å². The highest BCUT2D eigenvalue weighted by atomic mass is 16.1. The van der Waals surface area contributed by atoms with Crippen molar-refractivity contribution < 1.29 is 4.79 Å². The van der Waals surface area contributed by atoms with E-state index in [1.165, 1.54) is 0 Å². The summed E-state index contributed by atoms with van der Waals surface area (Å²) >= 11 is 0. The highest BCUT2D eigenvalue weighted by Gasteiger charge is 2.11. The molecule has 1 aromatic carbocycles. The first-order chi connectivity index (χ1) is 9.45. The summed E-state index contributed by atoms with van der Waals surface area (Å²) in [6, 6.07) is 5.50. The molecule has 0 spiro atoms. The van der Waals surface area contributed by atoms with Gasteiger partial charge in [0.2, 0.25) is 5.91 Å². The Morgan fingerprint density at radius 2 is 2.00 bits per heavy atom. The number of fused-ring (bicyclic) bond motifs is 1. The summed E-state index contributed by atoms with van der Waals surface area (Å²) in [5, 5.41) is 2.93. The second-order valence-electron chi connectivity index (χ2n) is 5.19. The molecule has 108 valence electrons. The first-order valence-corrected chi connectivity index (χ1v) is 6.72. The number of hydrogen-bond acceptors (Lipinski definition) is 3. The number of rotatable bonds is 5. The lowest BCUT2D eigenvalue weighted by atomic mass is 10.1. The number of H-pyrrole nitrogens is 2. The summed E-state index contributed by atoms with van der Waals surface area (Å²) in [5.74, 6) is -0.0162. The van der Waals surface area contributed by atoms with E-state index in [9.17, 15) is 9.59 Å². The Bertz CT molecular complexity index is 656. The van der Waals surface area contributed by atoms with Gasteiger partial charge in [-0.15, -0.1) is 0 Å². The van der Waals surface area contributed by atoms with E-state index in [1.54, 1.807) is 0 Å². The standard InChI is InChI=1S/C14H20N4O2/c1-8(15)3-6-13(19)16-9(2)10-4-5-11-12(7-10)18-14(20)17-11/h4-5,7-9H,3,6,15H2,1-2H3,(H,16,19)(H2,17,18,20). The zero-order chi connectivity index (χ0) is 14.7. The number of carbonyl (C=O) groups is 1. The van der Waals surface area contributed by atoms with E-state index in [4.69, 9.17) is 5.73 Å². The van der Waals surface area contributed by atoms with E-state index in [0.717, 1.165) is 16.6 Å². The monoisotopic (exact) mass is 276 g/mol. The summed E-state index contributed by atoms with van der Waals surface area (Å²) in [6.07, 6.45) is 1.09. The van der Waals surface area contributed by atoms with Crippen LogP contribution in [-0.4, -0.2) is 21.9 Å². The molecule has 20 heavy (non-hydrogen) atoms. The van der Waals surface area contributed by atoms with Crippen LogP contribution < -0.4 is 16.7 Å². The molecule has 2 unspecified atom stereocenters. The maximum absolute atomic E-state index is 11.8. The Balaban J connectivity index is 2.05. The molecule has 2 rings (SSSR count). The number of imidazole rings is 1. The minimum Gasteiger partial charge on any atom is -0.350 e. The Hall–Kier alpha value is -2.08. The molecular formula is C14H20N4O2. The lowest BCUT2D eigenvalue weighted by Gasteiger charge is -2.15. The molecule has 0 aliphatic heterocycles. The first kappa shape index (κ1) is 14.3. The largest absolute Gasteiger partial charge is 0.350 e. The molecule has 6 heteroatoms. The van der Waals surface area contributed by atoms with Gasteiger partial charge in [0.25, 0.3) is 0 Å². The summed E-state index contributed by atoms with van der Waals surface area (Å²) in [6.45, 7) is 3.79. The molecule has 0 radical (unpaired) electrons. The van der Waals surface area contributed by atoms with Gasteiger partial charge >= 0.3 is 5.69 Å². The van der Waals surface area contributed by atoms with Gasteiger partial charge in [0, 0.05) is 12.5 Å². The summed E-state index contributed by atoms with van der Waals surface area (Å²) in [7, 11) is 0. The van der Waals surface area contributed by atoms with Crippen LogP contribution in [0.25, 0.3) is 11.0 Å². The predicted octanol–water partition coefficient (Wildman–Crippen LogP) is 1.16. The quantitative estimate of drug-likeness (QED) is 0.658. The van der Waals surface area contributed by atoms with Crippen molar-refractivity contribution in [2.75, 3.05) is 0 Å². The van der Waals surface area contributed by atoms with Crippen molar-refractivity contribution in [1.82, 2.24) is 15.3 Å². The molecule has 2 aromatic rings. The number of nitrogens with two attached hydrogens (primary N) is 1. The number of amides is 1. The van der Waals surface area contributed by atoms with Gasteiger partial charge in [-0.3, -0.25) is 4.79 Å². The summed E-state index contributed by atoms with van der Waals surface area (Å²) < 4.78 is 0. The smallest absolute Gasteiger partial charge is 0.323 e. The van der Waals surface area contributed by atoms with Gasteiger partial charge in [-0.25, -0.2) is 4.79 Å². The molecular weight excluding hydrogens is 256 g/mol. The molecule has 1 heterocycles. The number of aromatic nitrogens is 2. The number of nitrogens with one attached hydrogen (secondary N) is 3. The van der Waals surface area contributed by atoms with Gasteiger partial charge in [0.05, 0.1) is 17.1 Å². The number of aromatic amines is 2. The van der Waals surface area contributed by atoms with Crippen molar-refractivity contribution in [3.63, 3.8) is 0 Å². The van der Waals surface area contributed by atoms with E-state index in [2.05, 4.69) is 15.3 Å². The van der Waals surface area contributed by atoms with Crippen molar-refractivity contribution in [2.24, 2.45) is 5.73 Å². The van der Waals surface area contributed by atoms with Crippen molar-refractivity contribution in [3.05, 3.63) is 34.2 Å². The first-order valence-electron chi connectivity index (χ1n) is 6.72. The lowest BCUT2D eigenvalue weighted by Crippen LogP contribution is -2.28. The van der Waals surface area contributed by atoms with Crippen molar-refractivity contribution in [1.29, 1.82) is 0 Å². The summed E-state index contributed by atoms with van der Waals surface area (Å²) in [4.78, 5) is 28.4. The molecule has 6 nitrogen and oxygen atoms in total. The zero-order valence-corrected chi connectivity index (χ0v) is 11.7. The van der Waals surface area contributed by atoms with Crippen LogP contribution >= 0.6 is 0 Å². The average Bonchev–Trinajstić information content (AvgIpc) is 2.75. The molecule has 0 saturated carbocycles. The Morgan fingerprint density at radius 3 is 2.70 bits per heavy atom. The third kappa shape index (κ3) is 3.48. The van der Waals surface area contributed by atoms with Crippen LogP contribution in [0, 0.1) is 0 Å². The third-order valence-electron chi connectivity index (χ3n) is 3.24. The van der Waals surface area contributed by atoms with Gasteiger partial charge in [-0.2, -0.15) is 0 Å². The zero-order valence-electron chi connectivity index (χ0n) is 11.7. The van der Waals surface area contributed by atoms with Gasteiger partial charge in [-0.05, 0) is 38.0 Å². The van der Waals surface area contributed by atoms with Crippen LogP contribution in [0.15, 0.2) is 23.0 Å². The topological polar surface area (TPSA) is 104 Å². The van der Waals surface area contributed by atoms with Crippen molar-refractivity contribution in [3.8, 4) is 0 Å². The van der Waals surface area contributed by atoms with Crippen LogP contribution in [0.2, 0.25) is 0 Å². The molecule has 5 N–H and O–H groups in total. The fourth-order valence-electron chi connectivity index (χ4n) is 2.08. The van der Waals surface area contributed by atoms with Gasteiger partial charge in [-0.1, -0.05) is 6.07 Å². The predicted molar refractivity (Wildman–Crippen MR) is 78.4 cm³/mol. The summed E-state index contributed by atoms with van der Waals surface area (Å²) in [5.41, 5.74) is 7.84. The normalized spacial score (nSPS) is 14.2. The molecule has 0 bridgehead atoms. The minimum atomic E-state index is -0.231. The molecule has 0 saturated heterocycles.